The molecule has 6 nitrogen and oxygen atoms in total. The van der Waals surface area contributed by atoms with Crippen molar-refractivity contribution in [3.8, 4) is 0 Å². The molecule has 1 aromatic rings. The van der Waals surface area contributed by atoms with Gasteiger partial charge in [0, 0.05) is 13.0 Å². The van der Waals surface area contributed by atoms with E-state index in [0.717, 1.165) is 0 Å². The molecular weight excluding hydrogens is 479 g/mol. The van der Waals surface area contributed by atoms with Crippen molar-refractivity contribution in [1.82, 2.24) is 15.0 Å². The Morgan fingerprint density at radius 3 is 1.81 bits per heavy atom. The average Bonchev–Trinajstić information content (AvgIpc) is 3.04. The Labute approximate surface area is 162 Å². The molecule has 0 fully saturated rings. The average molecular weight is 488 g/mol. The molecule has 0 bridgehead atoms. The van der Waals surface area contributed by atoms with Crippen LogP contribution in [0.3, 0.4) is 0 Å². The van der Waals surface area contributed by atoms with Crippen molar-refractivity contribution in [1.29, 1.82) is 0 Å². The molecule has 0 unspecified atom stereocenters. The number of amides is 1. The second kappa shape index (κ2) is 7.88. The lowest BCUT2D eigenvalue weighted by Crippen LogP contribution is -2.70. The largest absolute Gasteiger partial charge is 0.460 e. The predicted octanol–water partition coefficient (Wildman–Crippen LogP) is 4.00. The zero-order valence-electron chi connectivity index (χ0n) is 14.3. The van der Waals surface area contributed by atoms with Crippen LogP contribution in [0.25, 0.3) is 0 Å². The van der Waals surface area contributed by atoms with E-state index in [4.69, 9.17) is 0 Å². The lowest BCUT2D eigenvalue weighted by atomic mass is 9.92. The van der Waals surface area contributed by atoms with Crippen molar-refractivity contribution in [3.05, 3.63) is 11.9 Å². The van der Waals surface area contributed by atoms with Crippen LogP contribution in [0.4, 0.5) is 61.9 Å². The molecule has 1 amide bonds. The molecule has 180 valence electrons. The summed E-state index contributed by atoms with van der Waals surface area (Å²) in [6.07, 6.45) is -10.6. The van der Waals surface area contributed by atoms with Gasteiger partial charge in [-0.3, -0.25) is 4.68 Å². The molecule has 0 spiro atoms. The third kappa shape index (κ3) is 4.58. The standard InChI is InChI=1S/C12H9F13N4O2/c13-7(14,1-2-29-3-5(27-28-29)4-31-6(26)30)8(15,16)9(17,18)10(19,20)11(21,22)12(23,24)25/h3H,1-2,4H2,(H2,26,30). The highest BCUT2D eigenvalue weighted by molar-refractivity contribution is 5.64. The van der Waals surface area contributed by atoms with Gasteiger partial charge in [-0.15, -0.1) is 5.10 Å². The first-order valence-electron chi connectivity index (χ1n) is 7.39. The number of nitrogens with zero attached hydrogens (tertiary/aromatic N) is 3. The summed E-state index contributed by atoms with van der Waals surface area (Å²) in [7, 11) is 0. The van der Waals surface area contributed by atoms with E-state index < -0.39 is 61.5 Å². The number of carbonyl (C=O) groups excluding carboxylic acids is 1. The summed E-state index contributed by atoms with van der Waals surface area (Å²) in [5, 5.41) is 6.17. The van der Waals surface area contributed by atoms with Crippen LogP contribution < -0.4 is 5.73 Å². The Morgan fingerprint density at radius 2 is 1.35 bits per heavy atom. The second-order valence-corrected chi connectivity index (χ2v) is 5.83. The zero-order valence-corrected chi connectivity index (χ0v) is 14.3. The highest BCUT2D eigenvalue weighted by Gasteiger charge is 2.90. The summed E-state index contributed by atoms with van der Waals surface area (Å²) < 4.78 is 173. The van der Waals surface area contributed by atoms with E-state index in [0.29, 0.717) is 6.20 Å². The number of rotatable bonds is 9. The maximum absolute atomic E-state index is 13.6. The van der Waals surface area contributed by atoms with E-state index in [-0.39, 0.29) is 10.4 Å². The third-order valence-corrected chi connectivity index (χ3v) is 3.60. The van der Waals surface area contributed by atoms with Crippen LogP contribution in [0, 0.1) is 0 Å². The molecule has 0 aliphatic heterocycles. The Morgan fingerprint density at radius 1 is 0.871 bits per heavy atom. The number of aryl methyl sites for hydroxylation is 1. The molecule has 1 heterocycles. The fourth-order valence-electron chi connectivity index (χ4n) is 1.87. The number of primary amides is 1. The van der Waals surface area contributed by atoms with Gasteiger partial charge in [0.25, 0.3) is 0 Å². The number of ether oxygens (including phenoxy) is 1. The summed E-state index contributed by atoms with van der Waals surface area (Å²) in [4.78, 5) is 10.4. The summed E-state index contributed by atoms with van der Waals surface area (Å²) in [6.45, 7) is -2.16. The first kappa shape index (κ1) is 26.5. The summed E-state index contributed by atoms with van der Waals surface area (Å²) in [6, 6.07) is 0. The zero-order chi connectivity index (χ0) is 24.7. The van der Waals surface area contributed by atoms with Gasteiger partial charge in [0.2, 0.25) is 0 Å². The van der Waals surface area contributed by atoms with E-state index in [1.165, 1.54) is 0 Å². The Hall–Kier alpha value is -2.50. The molecule has 0 aliphatic rings. The van der Waals surface area contributed by atoms with Gasteiger partial charge in [0.05, 0.1) is 6.20 Å². The molecule has 0 saturated carbocycles. The molecular formula is C12H9F13N4O2. The van der Waals surface area contributed by atoms with Crippen molar-refractivity contribution in [3.63, 3.8) is 0 Å². The van der Waals surface area contributed by atoms with E-state index in [1.54, 1.807) is 0 Å². The molecule has 0 radical (unpaired) electrons. The number of halogens is 13. The minimum absolute atomic E-state index is 0.254. The van der Waals surface area contributed by atoms with Gasteiger partial charge >= 0.3 is 41.9 Å². The lowest BCUT2D eigenvalue weighted by molar-refractivity contribution is -0.440. The topological polar surface area (TPSA) is 83.0 Å². The van der Waals surface area contributed by atoms with Crippen LogP contribution in [0.15, 0.2) is 6.20 Å². The first-order valence-corrected chi connectivity index (χ1v) is 7.39. The number of alkyl halides is 13. The quantitative estimate of drug-likeness (QED) is 0.533. The number of aromatic nitrogens is 3. The normalized spacial score (nSPS) is 14.6. The molecule has 19 heteroatoms. The van der Waals surface area contributed by atoms with Crippen molar-refractivity contribution in [2.24, 2.45) is 5.73 Å². The third-order valence-electron chi connectivity index (χ3n) is 3.60. The van der Waals surface area contributed by atoms with Crippen molar-refractivity contribution in [2.75, 3.05) is 0 Å². The van der Waals surface area contributed by atoms with Crippen LogP contribution in [-0.2, 0) is 17.9 Å². The van der Waals surface area contributed by atoms with Crippen LogP contribution in [-0.4, -0.2) is 56.9 Å². The van der Waals surface area contributed by atoms with Crippen molar-refractivity contribution in [2.45, 2.75) is 55.4 Å². The smallest absolute Gasteiger partial charge is 0.443 e. The molecule has 2 N–H and O–H groups in total. The van der Waals surface area contributed by atoms with Crippen molar-refractivity contribution >= 4 is 6.09 Å². The Balaban J connectivity index is 3.10. The van der Waals surface area contributed by atoms with Gasteiger partial charge in [-0.25, -0.2) is 4.79 Å². The van der Waals surface area contributed by atoms with E-state index in [9.17, 15) is 61.9 Å². The lowest BCUT2D eigenvalue weighted by Gasteiger charge is -2.39. The second-order valence-electron chi connectivity index (χ2n) is 5.83. The van der Waals surface area contributed by atoms with Crippen LogP contribution in [0.2, 0.25) is 0 Å². The van der Waals surface area contributed by atoms with E-state index in [1.807, 2.05) is 0 Å². The monoisotopic (exact) mass is 488 g/mol. The summed E-state index contributed by atoms with van der Waals surface area (Å²) in [5.74, 6) is -37.2. The minimum Gasteiger partial charge on any atom is -0.443 e. The molecule has 0 aliphatic carbocycles. The molecule has 31 heavy (non-hydrogen) atoms. The van der Waals surface area contributed by atoms with Gasteiger partial charge in [-0.05, 0) is 0 Å². The highest BCUT2D eigenvalue weighted by atomic mass is 19.4. The molecule has 1 rings (SSSR count). The highest BCUT2D eigenvalue weighted by Crippen LogP contribution is 2.60. The Kier molecular flexibility index (Phi) is 6.75. The minimum atomic E-state index is -7.95. The summed E-state index contributed by atoms with van der Waals surface area (Å²) in [5.41, 5.74) is 4.27. The maximum Gasteiger partial charge on any atom is 0.460 e. The predicted molar refractivity (Wildman–Crippen MR) is 69.8 cm³/mol. The molecule has 1 aromatic heterocycles. The maximum atomic E-state index is 13.6. The van der Waals surface area contributed by atoms with Crippen LogP contribution in [0.1, 0.15) is 12.1 Å². The number of carbonyl (C=O) groups is 1. The van der Waals surface area contributed by atoms with Gasteiger partial charge in [-0.1, -0.05) is 5.21 Å². The van der Waals surface area contributed by atoms with Gasteiger partial charge in [0.1, 0.15) is 12.3 Å². The van der Waals surface area contributed by atoms with Gasteiger partial charge < -0.3 is 10.5 Å². The number of nitrogens with two attached hydrogens (primary N) is 1. The van der Waals surface area contributed by atoms with E-state index in [2.05, 4.69) is 20.8 Å². The Bertz CT molecular complexity index is 790. The number of hydrogen-bond donors (Lipinski definition) is 1. The van der Waals surface area contributed by atoms with Crippen molar-refractivity contribution < 1.29 is 66.6 Å². The SMILES string of the molecule is NC(=O)OCc1cn(CCC(F)(F)C(F)(F)C(F)(F)C(F)(F)C(F)(F)C(F)(F)F)nn1. The van der Waals surface area contributed by atoms with Gasteiger partial charge in [0.15, 0.2) is 0 Å². The summed E-state index contributed by atoms with van der Waals surface area (Å²) >= 11 is 0. The van der Waals surface area contributed by atoms with Crippen LogP contribution >= 0.6 is 0 Å². The fraction of sp³-hybridized carbons (Fsp3) is 0.750. The number of hydrogen-bond acceptors (Lipinski definition) is 4. The molecule has 0 atom stereocenters. The molecule has 0 saturated heterocycles. The fourth-order valence-corrected chi connectivity index (χ4v) is 1.87. The molecule has 0 aromatic carbocycles. The first-order chi connectivity index (χ1) is 13.6. The van der Waals surface area contributed by atoms with Crippen LogP contribution in [0.5, 0.6) is 0 Å². The van der Waals surface area contributed by atoms with Gasteiger partial charge in [-0.2, -0.15) is 57.1 Å². The van der Waals surface area contributed by atoms with E-state index >= 15 is 0 Å².